The highest BCUT2D eigenvalue weighted by Gasteiger charge is 2.15. The first-order chi connectivity index (χ1) is 12.2. The van der Waals surface area contributed by atoms with Crippen LogP contribution in [0.4, 0.5) is 4.79 Å². The van der Waals surface area contributed by atoms with Crippen LogP contribution in [-0.4, -0.2) is 34.3 Å². The molecule has 0 fully saturated rings. The van der Waals surface area contributed by atoms with Crippen LogP contribution in [0.5, 0.6) is 0 Å². The number of aromatic nitrogens is 1. The van der Waals surface area contributed by atoms with E-state index in [0.717, 1.165) is 5.56 Å². The Morgan fingerprint density at radius 3 is 2.69 bits per heavy atom. The normalized spacial score (nSPS) is 11.7. The largest absolute Gasteiger partial charge is 0.477 e. The molecule has 1 aromatic carbocycles. The van der Waals surface area contributed by atoms with Gasteiger partial charge in [0.2, 0.25) is 5.43 Å². The number of ether oxygens (including phenoxy) is 1. The predicted octanol–water partition coefficient (Wildman–Crippen LogP) is 3.15. The molecule has 1 aromatic heterocycles. The minimum absolute atomic E-state index is 0.283. The van der Waals surface area contributed by atoms with E-state index < -0.39 is 23.1 Å². The molecule has 7 nitrogen and oxygen atoms in total. The summed E-state index contributed by atoms with van der Waals surface area (Å²) in [5.74, 6) is -1.25. The fourth-order valence-electron chi connectivity index (χ4n) is 2.29. The van der Waals surface area contributed by atoms with Gasteiger partial charge in [-0.2, -0.15) is 0 Å². The van der Waals surface area contributed by atoms with Gasteiger partial charge in [0.25, 0.3) is 0 Å². The van der Waals surface area contributed by atoms with Gasteiger partial charge in [-0.15, -0.1) is 0 Å². The number of nitrogens with one attached hydrogen (secondary N) is 2. The van der Waals surface area contributed by atoms with Crippen LogP contribution in [0.2, 0.25) is 0 Å². The third-order valence-corrected chi connectivity index (χ3v) is 3.42. The maximum absolute atomic E-state index is 12.1. The molecule has 0 radical (unpaired) electrons. The number of alkyl carbamates (subject to hydrolysis) is 1. The van der Waals surface area contributed by atoms with E-state index in [9.17, 15) is 14.4 Å². The lowest BCUT2D eigenvalue weighted by molar-refractivity contribution is 0.0528. The Bertz CT molecular complexity index is 906. The molecular formula is C19H22N2O5. The quantitative estimate of drug-likeness (QED) is 0.712. The molecule has 2 rings (SSSR count). The predicted molar refractivity (Wildman–Crippen MR) is 99.4 cm³/mol. The molecule has 1 amide bonds. The van der Waals surface area contributed by atoms with Crippen LogP contribution >= 0.6 is 0 Å². The molecule has 138 valence electrons. The third-order valence-electron chi connectivity index (χ3n) is 3.42. The summed E-state index contributed by atoms with van der Waals surface area (Å²) in [5.41, 5.74) is 0.0995. The van der Waals surface area contributed by atoms with Gasteiger partial charge in [0.15, 0.2) is 0 Å². The summed E-state index contributed by atoms with van der Waals surface area (Å²) in [7, 11) is 0. The molecule has 0 atom stereocenters. The van der Waals surface area contributed by atoms with E-state index in [1.165, 1.54) is 6.20 Å². The van der Waals surface area contributed by atoms with E-state index in [1.54, 1.807) is 39.0 Å². The van der Waals surface area contributed by atoms with Crippen LogP contribution < -0.4 is 10.7 Å². The number of carboxylic acids is 1. The number of aromatic carboxylic acids is 1. The monoisotopic (exact) mass is 358 g/mol. The van der Waals surface area contributed by atoms with E-state index in [-0.39, 0.29) is 5.56 Å². The van der Waals surface area contributed by atoms with Crippen molar-refractivity contribution in [1.29, 1.82) is 0 Å². The summed E-state index contributed by atoms with van der Waals surface area (Å²) >= 11 is 0. The van der Waals surface area contributed by atoms with E-state index >= 15 is 0 Å². The van der Waals surface area contributed by atoms with Crippen molar-refractivity contribution >= 4 is 29.0 Å². The number of fused-ring (bicyclic) bond motifs is 1. The molecule has 3 N–H and O–H groups in total. The highest BCUT2D eigenvalue weighted by atomic mass is 16.6. The van der Waals surface area contributed by atoms with Gasteiger partial charge in [0.1, 0.15) is 11.2 Å². The molecule has 2 aromatic rings. The van der Waals surface area contributed by atoms with Gasteiger partial charge in [-0.05, 0) is 44.9 Å². The second kappa shape index (κ2) is 7.86. The van der Waals surface area contributed by atoms with Crippen LogP contribution in [0.3, 0.4) is 0 Å². The molecule has 1 heterocycles. The first-order valence-electron chi connectivity index (χ1n) is 8.19. The van der Waals surface area contributed by atoms with Crippen molar-refractivity contribution in [3.63, 3.8) is 0 Å². The first-order valence-corrected chi connectivity index (χ1v) is 8.19. The Labute approximate surface area is 150 Å². The van der Waals surface area contributed by atoms with Gasteiger partial charge >= 0.3 is 12.1 Å². The van der Waals surface area contributed by atoms with Gasteiger partial charge in [-0.3, -0.25) is 4.79 Å². The maximum Gasteiger partial charge on any atom is 0.407 e. The summed E-state index contributed by atoms with van der Waals surface area (Å²) in [6, 6.07) is 5.10. The van der Waals surface area contributed by atoms with Gasteiger partial charge in [0, 0.05) is 23.6 Å². The summed E-state index contributed by atoms with van der Waals surface area (Å²) in [4.78, 5) is 37.4. The molecule has 0 aliphatic carbocycles. The summed E-state index contributed by atoms with van der Waals surface area (Å²) < 4.78 is 5.14. The van der Waals surface area contributed by atoms with Crippen LogP contribution in [0.15, 0.2) is 35.3 Å². The van der Waals surface area contributed by atoms with Gasteiger partial charge in [-0.25, -0.2) is 9.59 Å². The molecule has 0 aliphatic heterocycles. The third kappa shape index (κ3) is 5.20. The Balaban J connectivity index is 1.98. The summed E-state index contributed by atoms with van der Waals surface area (Å²) in [6.45, 7) is 5.85. The topological polar surface area (TPSA) is 108 Å². The second-order valence-corrected chi connectivity index (χ2v) is 6.76. The van der Waals surface area contributed by atoms with Crippen molar-refractivity contribution in [3.05, 3.63) is 51.8 Å². The molecular weight excluding hydrogens is 336 g/mol. The number of benzene rings is 1. The summed E-state index contributed by atoms with van der Waals surface area (Å²) in [6.07, 6.45) is 5.11. The number of carbonyl (C=O) groups is 2. The number of hydrogen-bond acceptors (Lipinski definition) is 4. The van der Waals surface area contributed by atoms with Crippen molar-refractivity contribution < 1.29 is 19.4 Å². The van der Waals surface area contributed by atoms with Crippen LogP contribution in [0, 0.1) is 0 Å². The smallest absolute Gasteiger partial charge is 0.407 e. The van der Waals surface area contributed by atoms with Crippen LogP contribution in [-0.2, 0) is 4.74 Å². The zero-order chi connectivity index (χ0) is 19.3. The van der Waals surface area contributed by atoms with Gasteiger partial charge in [-0.1, -0.05) is 18.2 Å². The average molecular weight is 358 g/mol. The number of carboxylic acid groups (broad SMARTS) is 1. The second-order valence-electron chi connectivity index (χ2n) is 6.76. The van der Waals surface area contributed by atoms with Crippen molar-refractivity contribution in [2.45, 2.75) is 32.8 Å². The minimum atomic E-state index is -1.25. The van der Waals surface area contributed by atoms with Crippen molar-refractivity contribution in [3.8, 4) is 0 Å². The van der Waals surface area contributed by atoms with E-state index in [4.69, 9.17) is 9.84 Å². The maximum atomic E-state index is 12.1. The standard InChI is InChI=1S/C19H22N2O5/c1-19(2,3)26-18(25)20-9-5-4-6-12-7-8-13-15(10-12)21-11-14(16(13)22)17(23)24/h4,6-8,10-11H,5,9H2,1-3H3,(H,20,25)(H,21,22)(H,23,24). The lowest BCUT2D eigenvalue weighted by Crippen LogP contribution is -2.32. The van der Waals surface area contributed by atoms with Crippen LogP contribution in [0.1, 0.15) is 43.1 Å². The Hall–Kier alpha value is -3.09. The number of hydrogen-bond donors (Lipinski definition) is 3. The number of carbonyl (C=O) groups excluding carboxylic acids is 1. The van der Waals surface area contributed by atoms with Crippen LogP contribution in [0.25, 0.3) is 17.0 Å². The highest BCUT2D eigenvalue weighted by molar-refractivity contribution is 5.92. The Morgan fingerprint density at radius 2 is 2.04 bits per heavy atom. The Kier molecular flexibility index (Phi) is 5.82. The molecule has 0 aliphatic rings. The zero-order valence-electron chi connectivity index (χ0n) is 15.0. The molecule has 0 unspecified atom stereocenters. The number of H-pyrrole nitrogens is 1. The molecule has 0 spiro atoms. The summed E-state index contributed by atoms with van der Waals surface area (Å²) in [5, 5.41) is 12.0. The van der Waals surface area contributed by atoms with E-state index in [2.05, 4.69) is 10.3 Å². The molecule has 0 bridgehead atoms. The zero-order valence-corrected chi connectivity index (χ0v) is 15.0. The van der Waals surface area contributed by atoms with E-state index in [0.29, 0.717) is 23.9 Å². The van der Waals surface area contributed by atoms with Crippen molar-refractivity contribution in [1.82, 2.24) is 10.3 Å². The number of pyridine rings is 1. The lowest BCUT2D eigenvalue weighted by atomic mass is 10.1. The fraction of sp³-hybridized carbons (Fsp3) is 0.316. The SMILES string of the molecule is CC(C)(C)OC(=O)NCCC=Cc1ccc2c(=O)c(C(=O)O)c[nH]c2c1. The van der Waals surface area contributed by atoms with Gasteiger partial charge < -0.3 is 20.1 Å². The van der Waals surface area contributed by atoms with Crippen molar-refractivity contribution in [2.24, 2.45) is 0 Å². The molecule has 0 saturated heterocycles. The minimum Gasteiger partial charge on any atom is -0.477 e. The van der Waals surface area contributed by atoms with E-state index in [1.807, 2.05) is 12.2 Å². The number of amides is 1. The first kappa shape index (κ1) is 19.2. The average Bonchev–Trinajstić information content (AvgIpc) is 2.52. The molecule has 0 saturated carbocycles. The lowest BCUT2D eigenvalue weighted by Gasteiger charge is -2.19. The van der Waals surface area contributed by atoms with Crippen molar-refractivity contribution in [2.75, 3.05) is 6.54 Å². The van der Waals surface area contributed by atoms with Gasteiger partial charge in [0.05, 0.1) is 0 Å². The molecule has 7 heteroatoms. The fourth-order valence-corrected chi connectivity index (χ4v) is 2.29. The highest BCUT2D eigenvalue weighted by Crippen LogP contribution is 2.13. The molecule has 26 heavy (non-hydrogen) atoms. The Morgan fingerprint density at radius 1 is 1.31 bits per heavy atom. The number of aromatic amines is 1. The number of rotatable bonds is 5.